The van der Waals surface area contributed by atoms with E-state index in [4.69, 9.17) is 4.74 Å². The fourth-order valence-electron chi connectivity index (χ4n) is 1.89. The molecule has 2 rings (SSSR count). The average Bonchev–Trinajstić information content (AvgIpc) is 2.77. The molecule has 5 nitrogen and oxygen atoms in total. The SMILES string of the molecule is Cn1cnc(C(=O)NC2(CBr)CCOCC2)c1. The lowest BCUT2D eigenvalue weighted by molar-refractivity contribution is 0.0440. The molecule has 0 saturated carbocycles. The number of amides is 1. The standard InChI is InChI=1S/C11H16BrN3O2/c1-15-6-9(13-8-15)10(16)14-11(7-12)2-4-17-5-3-11/h6,8H,2-5,7H2,1H3,(H,14,16). The summed E-state index contributed by atoms with van der Waals surface area (Å²) < 4.78 is 7.09. The summed E-state index contributed by atoms with van der Waals surface area (Å²) in [5, 5.41) is 3.81. The molecule has 1 saturated heterocycles. The molecule has 1 amide bonds. The zero-order valence-electron chi connectivity index (χ0n) is 9.78. The predicted molar refractivity (Wildman–Crippen MR) is 67.3 cm³/mol. The van der Waals surface area contributed by atoms with Gasteiger partial charge in [0.15, 0.2) is 0 Å². The fourth-order valence-corrected chi connectivity index (χ4v) is 2.59. The lowest BCUT2D eigenvalue weighted by Crippen LogP contribution is -2.53. The van der Waals surface area contributed by atoms with Crippen LogP contribution in [0.2, 0.25) is 0 Å². The molecule has 0 bridgehead atoms. The number of aromatic nitrogens is 2. The van der Waals surface area contributed by atoms with Crippen molar-refractivity contribution in [2.24, 2.45) is 7.05 Å². The molecule has 1 N–H and O–H groups in total. The Labute approximate surface area is 109 Å². The number of nitrogens with zero attached hydrogens (tertiary/aromatic N) is 2. The summed E-state index contributed by atoms with van der Waals surface area (Å²) in [6.45, 7) is 1.38. The molecule has 0 radical (unpaired) electrons. The first-order valence-electron chi connectivity index (χ1n) is 5.59. The quantitative estimate of drug-likeness (QED) is 0.851. The Morgan fingerprint density at radius 2 is 2.35 bits per heavy atom. The van der Waals surface area contributed by atoms with Gasteiger partial charge in [0, 0.05) is 31.8 Å². The molecule has 1 aliphatic rings. The number of carbonyl (C=O) groups excluding carboxylic acids is 1. The van der Waals surface area contributed by atoms with E-state index in [1.54, 1.807) is 17.1 Å². The lowest BCUT2D eigenvalue weighted by Gasteiger charge is -2.36. The fraction of sp³-hybridized carbons (Fsp3) is 0.636. The van der Waals surface area contributed by atoms with E-state index in [9.17, 15) is 4.79 Å². The Kier molecular flexibility index (Phi) is 3.83. The topological polar surface area (TPSA) is 56.2 Å². The van der Waals surface area contributed by atoms with Crippen molar-refractivity contribution < 1.29 is 9.53 Å². The summed E-state index contributed by atoms with van der Waals surface area (Å²) in [7, 11) is 1.85. The number of imidazole rings is 1. The molecular formula is C11H16BrN3O2. The monoisotopic (exact) mass is 301 g/mol. The smallest absolute Gasteiger partial charge is 0.271 e. The van der Waals surface area contributed by atoms with Crippen LogP contribution < -0.4 is 5.32 Å². The second-order valence-electron chi connectivity index (χ2n) is 4.40. The highest BCUT2D eigenvalue weighted by molar-refractivity contribution is 9.09. The lowest BCUT2D eigenvalue weighted by atomic mass is 9.92. The number of hydrogen-bond acceptors (Lipinski definition) is 3. The third-order valence-corrected chi connectivity index (χ3v) is 4.10. The van der Waals surface area contributed by atoms with Gasteiger partial charge in [0.1, 0.15) is 5.69 Å². The highest BCUT2D eigenvalue weighted by Gasteiger charge is 2.33. The molecular weight excluding hydrogens is 286 g/mol. The van der Waals surface area contributed by atoms with Gasteiger partial charge >= 0.3 is 0 Å². The Balaban J connectivity index is 2.05. The minimum absolute atomic E-state index is 0.119. The average molecular weight is 302 g/mol. The summed E-state index contributed by atoms with van der Waals surface area (Å²) in [5.41, 5.74) is 0.256. The van der Waals surface area contributed by atoms with E-state index in [2.05, 4.69) is 26.2 Å². The van der Waals surface area contributed by atoms with Crippen molar-refractivity contribution in [2.75, 3.05) is 18.5 Å². The first-order chi connectivity index (χ1) is 8.15. The van der Waals surface area contributed by atoms with Crippen molar-refractivity contribution in [3.8, 4) is 0 Å². The van der Waals surface area contributed by atoms with Gasteiger partial charge in [-0.25, -0.2) is 4.98 Å². The van der Waals surface area contributed by atoms with Gasteiger partial charge in [0.05, 0.1) is 11.9 Å². The third-order valence-electron chi connectivity index (χ3n) is 3.02. The summed E-state index contributed by atoms with van der Waals surface area (Å²) >= 11 is 3.48. The molecule has 94 valence electrons. The summed E-state index contributed by atoms with van der Waals surface area (Å²) in [4.78, 5) is 16.1. The van der Waals surface area contributed by atoms with Crippen molar-refractivity contribution >= 4 is 21.8 Å². The van der Waals surface area contributed by atoms with E-state index in [1.165, 1.54) is 0 Å². The van der Waals surface area contributed by atoms with E-state index in [0.29, 0.717) is 18.9 Å². The van der Waals surface area contributed by atoms with E-state index in [-0.39, 0.29) is 11.4 Å². The molecule has 1 aromatic heterocycles. The van der Waals surface area contributed by atoms with Crippen molar-refractivity contribution in [3.63, 3.8) is 0 Å². The van der Waals surface area contributed by atoms with Gasteiger partial charge in [0.25, 0.3) is 5.91 Å². The summed E-state index contributed by atoms with van der Waals surface area (Å²) in [5.74, 6) is -0.119. The number of rotatable bonds is 3. The van der Waals surface area contributed by atoms with E-state index in [0.717, 1.165) is 18.2 Å². The summed E-state index contributed by atoms with van der Waals surface area (Å²) in [6, 6.07) is 0. The number of hydrogen-bond donors (Lipinski definition) is 1. The van der Waals surface area contributed by atoms with Crippen LogP contribution in [-0.4, -0.2) is 39.5 Å². The molecule has 2 heterocycles. The maximum atomic E-state index is 12.0. The van der Waals surface area contributed by atoms with Crippen LogP contribution in [0.5, 0.6) is 0 Å². The maximum Gasteiger partial charge on any atom is 0.271 e. The van der Waals surface area contributed by atoms with Gasteiger partial charge in [-0.3, -0.25) is 4.79 Å². The summed E-state index contributed by atoms with van der Waals surface area (Å²) in [6.07, 6.45) is 5.00. The van der Waals surface area contributed by atoms with E-state index < -0.39 is 0 Å². The molecule has 0 spiro atoms. The van der Waals surface area contributed by atoms with Gasteiger partial charge in [-0.15, -0.1) is 0 Å². The minimum Gasteiger partial charge on any atom is -0.381 e. The zero-order valence-corrected chi connectivity index (χ0v) is 11.4. The van der Waals surface area contributed by atoms with Crippen LogP contribution >= 0.6 is 15.9 Å². The highest BCUT2D eigenvalue weighted by atomic mass is 79.9. The van der Waals surface area contributed by atoms with Gasteiger partial charge in [-0.1, -0.05) is 15.9 Å². The van der Waals surface area contributed by atoms with Crippen LogP contribution in [0.25, 0.3) is 0 Å². The normalized spacial score (nSPS) is 18.9. The number of carbonyl (C=O) groups is 1. The molecule has 17 heavy (non-hydrogen) atoms. The number of nitrogens with one attached hydrogen (secondary N) is 1. The van der Waals surface area contributed by atoms with Gasteiger partial charge in [0.2, 0.25) is 0 Å². The second-order valence-corrected chi connectivity index (χ2v) is 4.97. The predicted octanol–water partition coefficient (Wildman–Crippen LogP) is 1.09. The maximum absolute atomic E-state index is 12.0. The molecule has 6 heteroatoms. The number of alkyl halides is 1. The first-order valence-corrected chi connectivity index (χ1v) is 6.71. The molecule has 1 aliphatic heterocycles. The highest BCUT2D eigenvalue weighted by Crippen LogP contribution is 2.23. The molecule has 1 aromatic rings. The van der Waals surface area contributed by atoms with Gasteiger partial charge in [-0.05, 0) is 12.8 Å². The molecule has 0 aromatic carbocycles. The van der Waals surface area contributed by atoms with Crippen molar-refractivity contribution in [3.05, 3.63) is 18.2 Å². The van der Waals surface area contributed by atoms with Crippen molar-refractivity contribution in [1.82, 2.24) is 14.9 Å². The molecule has 0 aliphatic carbocycles. The Morgan fingerprint density at radius 3 is 2.88 bits per heavy atom. The van der Waals surface area contributed by atoms with E-state index in [1.807, 2.05) is 7.05 Å². The minimum atomic E-state index is -0.202. The molecule has 0 unspecified atom stereocenters. The zero-order chi connectivity index (χ0) is 12.3. The Morgan fingerprint density at radius 1 is 1.65 bits per heavy atom. The van der Waals surface area contributed by atoms with Gasteiger partial charge < -0.3 is 14.6 Å². The van der Waals surface area contributed by atoms with E-state index >= 15 is 0 Å². The first kappa shape index (κ1) is 12.6. The van der Waals surface area contributed by atoms with Crippen LogP contribution in [0.15, 0.2) is 12.5 Å². The van der Waals surface area contributed by atoms with Crippen LogP contribution in [-0.2, 0) is 11.8 Å². The third kappa shape index (κ3) is 2.87. The van der Waals surface area contributed by atoms with Crippen LogP contribution in [0.3, 0.4) is 0 Å². The van der Waals surface area contributed by atoms with Crippen molar-refractivity contribution in [2.45, 2.75) is 18.4 Å². The van der Waals surface area contributed by atoms with Crippen molar-refractivity contribution in [1.29, 1.82) is 0 Å². The number of aryl methyl sites for hydroxylation is 1. The Hall–Kier alpha value is -0.880. The second kappa shape index (κ2) is 5.18. The largest absolute Gasteiger partial charge is 0.381 e. The van der Waals surface area contributed by atoms with Crippen LogP contribution in [0, 0.1) is 0 Å². The molecule has 0 atom stereocenters. The van der Waals surface area contributed by atoms with Crippen LogP contribution in [0.4, 0.5) is 0 Å². The van der Waals surface area contributed by atoms with Crippen LogP contribution in [0.1, 0.15) is 23.3 Å². The molecule has 1 fully saturated rings. The number of ether oxygens (including phenoxy) is 1. The Bertz CT molecular complexity index is 399. The van der Waals surface area contributed by atoms with Gasteiger partial charge in [-0.2, -0.15) is 0 Å². The number of halogens is 1.